The van der Waals surface area contributed by atoms with Gasteiger partial charge in [0.05, 0.1) is 19.3 Å². The summed E-state index contributed by atoms with van der Waals surface area (Å²) in [5.74, 6) is 0. The van der Waals surface area contributed by atoms with Crippen LogP contribution in [0.15, 0.2) is 0 Å². The predicted octanol–water partition coefficient (Wildman–Crippen LogP) is 2.30. The molecule has 6 heteroatoms. The van der Waals surface area contributed by atoms with E-state index in [9.17, 15) is 9.90 Å². The van der Waals surface area contributed by atoms with Crippen molar-refractivity contribution in [2.45, 2.75) is 72.1 Å². The Bertz CT molecular complexity index is 334. The first-order valence-electron chi connectivity index (χ1n) is 8.29. The number of rotatable bonds is 9. The molecular weight excluding hydrogens is 296 g/mol. The molecule has 0 rings (SSSR count). The van der Waals surface area contributed by atoms with Crippen molar-refractivity contribution >= 4 is 6.09 Å². The number of hydrogen-bond donors (Lipinski definition) is 3. The molecule has 0 aromatic rings. The third kappa shape index (κ3) is 13.3. The van der Waals surface area contributed by atoms with Gasteiger partial charge in [0, 0.05) is 13.2 Å². The largest absolute Gasteiger partial charge is 0.444 e. The van der Waals surface area contributed by atoms with Gasteiger partial charge < -0.3 is 25.2 Å². The molecule has 0 aliphatic rings. The number of carbonyl (C=O) groups excluding carboxylic acids is 1. The first kappa shape index (κ1) is 22.1. The fourth-order valence-electron chi connectivity index (χ4n) is 2.28. The van der Waals surface area contributed by atoms with Gasteiger partial charge in [0.2, 0.25) is 0 Å². The van der Waals surface area contributed by atoms with Crippen LogP contribution >= 0.6 is 0 Å². The summed E-state index contributed by atoms with van der Waals surface area (Å²) in [5, 5.41) is 15.4. The number of carbonyl (C=O) groups is 1. The van der Waals surface area contributed by atoms with E-state index in [1.807, 2.05) is 20.8 Å². The van der Waals surface area contributed by atoms with Crippen LogP contribution in [0.2, 0.25) is 0 Å². The van der Waals surface area contributed by atoms with Crippen LogP contribution in [0.5, 0.6) is 0 Å². The Hall–Kier alpha value is -0.850. The van der Waals surface area contributed by atoms with Gasteiger partial charge in [-0.15, -0.1) is 0 Å². The Labute approximate surface area is 141 Å². The molecule has 0 spiro atoms. The summed E-state index contributed by atoms with van der Waals surface area (Å²) < 4.78 is 10.4. The van der Waals surface area contributed by atoms with Gasteiger partial charge in [-0.2, -0.15) is 0 Å². The Kier molecular flexibility index (Phi) is 9.73. The lowest BCUT2D eigenvalue weighted by Crippen LogP contribution is -2.44. The highest BCUT2D eigenvalue weighted by molar-refractivity contribution is 5.68. The zero-order valence-electron chi connectivity index (χ0n) is 15.9. The summed E-state index contributed by atoms with van der Waals surface area (Å²) in [6, 6.07) is -0.0731. The van der Waals surface area contributed by atoms with Crippen molar-refractivity contribution in [3.63, 3.8) is 0 Å². The number of ether oxygens (including phenoxy) is 2. The molecule has 6 nitrogen and oxygen atoms in total. The van der Waals surface area contributed by atoms with Gasteiger partial charge in [-0.3, -0.25) is 0 Å². The zero-order valence-corrected chi connectivity index (χ0v) is 15.9. The summed E-state index contributed by atoms with van der Waals surface area (Å²) >= 11 is 0. The molecule has 138 valence electrons. The number of aliphatic hydroxyl groups is 1. The standard InChI is InChI=1S/C17H36N2O4/c1-16(2,3)10-13(19-15(21)23-17(4,5)6)8-9-18-14(11-20)12-22-7/h13-14,18,20H,8-12H2,1-7H3,(H,19,21)/t13?,14-/m0/s1. The predicted molar refractivity (Wildman–Crippen MR) is 92.6 cm³/mol. The second-order valence-electron chi connectivity index (χ2n) is 8.19. The molecule has 0 radical (unpaired) electrons. The van der Waals surface area contributed by atoms with E-state index in [2.05, 4.69) is 31.4 Å². The molecule has 0 fully saturated rings. The fourth-order valence-corrected chi connectivity index (χ4v) is 2.28. The van der Waals surface area contributed by atoms with E-state index in [-0.39, 0.29) is 30.2 Å². The molecular formula is C17H36N2O4. The number of amides is 1. The zero-order chi connectivity index (χ0) is 18.1. The third-order valence-electron chi connectivity index (χ3n) is 3.09. The number of alkyl carbamates (subject to hydrolysis) is 1. The molecule has 0 saturated heterocycles. The van der Waals surface area contributed by atoms with Crippen LogP contribution in [-0.4, -0.2) is 55.8 Å². The minimum absolute atomic E-state index is 0.0132. The van der Waals surface area contributed by atoms with E-state index in [0.717, 1.165) is 12.8 Å². The summed E-state index contributed by atoms with van der Waals surface area (Å²) in [4.78, 5) is 12.0. The van der Waals surface area contributed by atoms with E-state index >= 15 is 0 Å². The van der Waals surface area contributed by atoms with Gasteiger partial charge in [0.1, 0.15) is 5.60 Å². The van der Waals surface area contributed by atoms with Crippen molar-refractivity contribution in [1.29, 1.82) is 0 Å². The fraction of sp³-hybridized carbons (Fsp3) is 0.941. The summed E-state index contributed by atoms with van der Waals surface area (Å²) in [6.07, 6.45) is 1.22. The molecule has 0 aliphatic heterocycles. The normalized spacial score (nSPS) is 15.1. The first-order chi connectivity index (χ1) is 10.5. The topological polar surface area (TPSA) is 79.8 Å². The van der Waals surface area contributed by atoms with Gasteiger partial charge in [-0.05, 0) is 45.6 Å². The van der Waals surface area contributed by atoms with Crippen molar-refractivity contribution in [3.8, 4) is 0 Å². The molecule has 1 unspecified atom stereocenters. The molecule has 0 saturated carbocycles. The second-order valence-corrected chi connectivity index (χ2v) is 8.19. The third-order valence-corrected chi connectivity index (χ3v) is 3.09. The van der Waals surface area contributed by atoms with Crippen LogP contribution in [0.3, 0.4) is 0 Å². The lowest BCUT2D eigenvalue weighted by atomic mass is 9.87. The molecule has 1 amide bonds. The lowest BCUT2D eigenvalue weighted by Gasteiger charge is -2.29. The van der Waals surface area contributed by atoms with Gasteiger partial charge in [-0.25, -0.2) is 4.79 Å². The maximum Gasteiger partial charge on any atom is 0.407 e. The maximum atomic E-state index is 12.0. The molecule has 3 N–H and O–H groups in total. The van der Waals surface area contributed by atoms with Crippen LogP contribution in [0.4, 0.5) is 4.79 Å². The highest BCUT2D eigenvalue weighted by Gasteiger charge is 2.23. The average molecular weight is 332 g/mol. The van der Waals surface area contributed by atoms with Gasteiger partial charge in [0.25, 0.3) is 0 Å². The molecule has 0 aromatic carbocycles. The van der Waals surface area contributed by atoms with E-state index in [1.165, 1.54) is 0 Å². The van der Waals surface area contributed by atoms with E-state index < -0.39 is 5.60 Å². The van der Waals surface area contributed by atoms with Crippen LogP contribution in [0.1, 0.15) is 54.4 Å². The number of nitrogens with one attached hydrogen (secondary N) is 2. The summed E-state index contributed by atoms with van der Waals surface area (Å²) in [5.41, 5.74) is -0.405. The Morgan fingerprint density at radius 2 is 1.74 bits per heavy atom. The van der Waals surface area contributed by atoms with Crippen LogP contribution < -0.4 is 10.6 Å². The van der Waals surface area contributed by atoms with Crippen molar-refractivity contribution in [3.05, 3.63) is 0 Å². The molecule has 23 heavy (non-hydrogen) atoms. The molecule has 0 aromatic heterocycles. The van der Waals surface area contributed by atoms with Crippen molar-refractivity contribution < 1.29 is 19.4 Å². The Morgan fingerprint density at radius 3 is 2.17 bits per heavy atom. The first-order valence-corrected chi connectivity index (χ1v) is 8.29. The molecule has 2 atom stereocenters. The Morgan fingerprint density at radius 1 is 1.13 bits per heavy atom. The summed E-state index contributed by atoms with van der Waals surface area (Å²) in [6.45, 7) is 13.2. The van der Waals surface area contributed by atoms with Crippen molar-refractivity contribution in [2.24, 2.45) is 5.41 Å². The minimum atomic E-state index is -0.505. The van der Waals surface area contributed by atoms with Crippen LogP contribution in [0, 0.1) is 5.41 Å². The van der Waals surface area contributed by atoms with E-state index in [0.29, 0.717) is 13.2 Å². The number of methoxy groups -OCH3 is 1. The number of aliphatic hydroxyl groups excluding tert-OH is 1. The quantitative estimate of drug-likeness (QED) is 0.604. The SMILES string of the molecule is COC[C@H](CO)NCCC(CC(C)(C)C)NC(=O)OC(C)(C)C. The number of hydrogen-bond acceptors (Lipinski definition) is 5. The van der Waals surface area contributed by atoms with E-state index in [4.69, 9.17) is 9.47 Å². The van der Waals surface area contributed by atoms with Crippen molar-refractivity contribution in [1.82, 2.24) is 10.6 Å². The highest BCUT2D eigenvalue weighted by Crippen LogP contribution is 2.22. The molecule has 0 aliphatic carbocycles. The molecule has 0 bridgehead atoms. The van der Waals surface area contributed by atoms with Gasteiger partial charge in [-0.1, -0.05) is 20.8 Å². The smallest absolute Gasteiger partial charge is 0.407 e. The highest BCUT2D eigenvalue weighted by atomic mass is 16.6. The second kappa shape index (κ2) is 10.1. The maximum absolute atomic E-state index is 12.0. The molecule has 0 heterocycles. The lowest BCUT2D eigenvalue weighted by molar-refractivity contribution is 0.0488. The average Bonchev–Trinajstić information content (AvgIpc) is 2.33. The van der Waals surface area contributed by atoms with Gasteiger partial charge >= 0.3 is 6.09 Å². The summed E-state index contributed by atoms with van der Waals surface area (Å²) in [7, 11) is 1.61. The van der Waals surface area contributed by atoms with Gasteiger partial charge in [0.15, 0.2) is 0 Å². The minimum Gasteiger partial charge on any atom is -0.444 e. The van der Waals surface area contributed by atoms with E-state index in [1.54, 1.807) is 7.11 Å². The van der Waals surface area contributed by atoms with Crippen LogP contribution in [-0.2, 0) is 9.47 Å². The Balaban J connectivity index is 4.49. The van der Waals surface area contributed by atoms with Crippen LogP contribution in [0.25, 0.3) is 0 Å². The van der Waals surface area contributed by atoms with Crippen molar-refractivity contribution in [2.75, 3.05) is 26.9 Å². The monoisotopic (exact) mass is 332 g/mol.